The highest BCUT2D eigenvalue weighted by Crippen LogP contribution is 2.35. The van der Waals surface area contributed by atoms with E-state index in [1.807, 2.05) is 6.92 Å². The molecule has 1 aliphatic rings. The van der Waals surface area contributed by atoms with Crippen LogP contribution in [0.1, 0.15) is 53.4 Å². The summed E-state index contributed by atoms with van der Waals surface area (Å²) in [5, 5.41) is 12.2. The van der Waals surface area contributed by atoms with Gasteiger partial charge in [-0.3, -0.25) is 0 Å². The van der Waals surface area contributed by atoms with Crippen molar-refractivity contribution in [2.75, 3.05) is 13.2 Å². The Hall–Kier alpha value is -0.590. The lowest BCUT2D eigenvalue weighted by Gasteiger charge is -2.37. The van der Waals surface area contributed by atoms with E-state index in [0.29, 0.717) is 24.5 Å². The smallest absolute Gasteiger partial charge is 0.0974 e. The van der Waals surface area contributed by atoms with E-state index >= 15 is 0 Å². The monoisotopic (exact) mass is 266 g/mol. The summed E-state index contributed by atoms with van der Waals surface area (Å²) in [5.74, 6) is 2.16. The van der Waals surface area contributed by atoms with Crippen molar-refractivity contribution in [2.24, 2.45) is 17.8 Å². The van der Waals surface area contributed by atoms with Gasteiger partial charge in [-0.1, -0.05) is 34.1 Å². The molecule has 0 aromatic rings. The first-order valence-corrected chi connectivity index (χ1v) is 7.83. The van der Waals surface area contributed by atoms with Crippen molar-refractivity contribution in [2.45, 2.75) is 65.5 Å². The zero-order valence-electron chi connectivity index (χ0n) is 13.0. The van der Waals surface area contributed by atoms with Crippen molar-refractivity contribution in [3.05, 3.63) is 0 Å². The van der Waals surface area contributed by atoms with Crippen LogP contribution >= 0.6 is 0 Å². The lowest BCUT2D eigenvalue weighted by Crippen LogP contribution is -2.36. The topological polar surface area (TPSA) is 45.0 Å². The second-order valence-corrected chi connectivity index (χ2v) is 6.26. The number of hydrogen-bond acceptors (Lipinski definition) is 3. The van der Waals surface area contributed by atoms with Gasteiger partial charge in [0, 0.05) is 6.61 Å². The molecule has 110 valence electrons. The summed E-state index contributed by atoms with van der Waals surface area (Å²) in [6.07, 6.45) is 4.99. The van der Waals surface area contributed by atoms with E-state index in [0.717, 1.165) is 18.9 Å². The van der Waals surface area contributed by atoms with E-state index in [1.54, 1.807) is 0 Å². The quantitative estimate of drug-likeness (QED) is 0.768. The van der Waals surface area contributed by atoms with Crippen molar-refractivity contribution in [3.63, 3.8) is 0 Å². The Morgan fingerprint density at radius 3 is 2.68 bits per heavy atom. The Morgan fingerprint density at radius 1 is 1.37 bits per heavy atom. The number of nitrogens with one attached hydrogen (secondary N) is 1. The van der Waals surface area contributed by atoms with Gasteiger partial charge in [-0.25, -0.2) is 0 Å². The van der Waals surface area contributed by atoms with Crippen LogP contribution in [0.5, 0.6) is 0 Å². The minimum atomic E-state index is -0.0662. The Balaban J connectivity index is 2.38. The van der Waals surface area contributed by atoms with Crippen molar-refractivity contribution in [3.8, 4) is 6.07 Å². The van der Waals surface area contributed by atoms with Crippen LogP contribution < -0.4 is 5.32 Å². The summed E-state index contributed by atoms with van der Waals surface area (Å²) in [6, 6.07) is 2.23. The fourth-order valence-corrected chi connectivity index (χ4v) is 3.10. The molecule has 0 aliphatic heterocycles. The molecule has 1 aliphatic carbocycles. The van der Waals surface area contributed by atoms with Gasteiger partial charge < -0.3 is 10.1 Å². The van der Waals surface area contributed by atoms with Crippen LogP contribution in [0, 0.1) is 29.1 Å². The molecule has 0 saturated heterocycles. The first kappa shape index (κ1) is 16.5. The van der Waals surface area contributed by atoms with Gasteiger partial charge in [-0.15, -0.1) is 0 Å². The molecule has 4 unspecified atom stereocenters. The summed E-state index contributed by atoms with van der Waals surface area (Å²) in [6.45, 7) is 10.5. The van der Waals surface area contributed by atoms with Crippen LogP contribution in [0.4, 0.5) is 0 Å². The summed E-state index contributed by atoms with van der Waals surface area (Å²) in [7, 11) is 0. The lowest BCUT2D eigenvalue weighted by molar-refractivity contribution is -0.0399. The maximum Gasteiger partial charge on any atom is 0.0974 e. The van der Waals surface area contributed by atoms with Gasteiger partial charge in [0.1, 0.15) is 0 Å². The van der Waals surface area contributed by atoms with Gasteiger partial charge in [0.25, 0.3) is 0 Å². The number of nitrogens with zero attached hydrogens (tertiary/aromatic N) is 1. The fraction of sp³-hybridized carbons (Fsp3) is 0.938. The minimum Gasteiger partial charge on any atom is -0.378 e. The molecule has 1 N–H and O–H groups in total. The van der Waals surface area contributed by atoms with Crippen LogP contribution in [0.25, 0.3) is 0 Å². The third-order valence-corrected chi connectivity index (χ3v) is 4.31. The fourth-order valence-electron chi connectivity index (χ4n) is 3.10. The average molecular weight is 266 g/mol. The Morgan fingerprint density at radius 2 is 2.11 bits per heavy atom. The summed E-state index contributed by atoms with van der Waals surface area (Å²) >= 11 is 0. The van der Waals surface area contributed by atoms with Gasteiger partial charge in [-0.05, 0) is 43.6 Å². The molecule has 0 aromatic heterocycles. The molecular formula is C16H30N2O. The van der Waals surface area contributed by atoms with Gasteiger partial charge in [0.05, 0.1) is 18.2 Å². The molecule has 0 bridgehead atoms. The largest absolute Gasteiger partial charge is 0.378 e. The zero-order valence-corrected chi connectivity index (χ0v) is 13.0. The summed E-state index contributed by atoms with van der Waals surface area (Å²) < 4.78 is 6.11. The van der Waals surface area contributed by atoms with E-state index in [9.17, 15) is 0 Å². The molecule has 0 amide bonds. The van der Waals surface area contributed by atoms with Crippen LogP contribution in [0.2, 0.25) is 0 Å². The third-order valence-electron chi connectivity index (χ3n) is 4.31. The molecule has 1 rings (SSSR count). The highest BCUT2D eigenvalue weighted by molar-refractivity contribution is 4.89. The maximum atomic E-state index is 9.01. The van der Waals surface area contributed by atoms with Gasteiger partial charge in [0.2, 0.25) is 0 Å². The molecular weight excluding hydrogens is 236 g/mol. The van der Waals surface area contributed by atoms with Crippen molar-refractivity contribution in [1.29, 1.82) is 5.26 Å². The van der Waals surface area contributed by atoms with Gasteiger partial charge >= 0.3 is 0 Å². The highest BCUT2D eigenvalue weighted by Gasteiger charge is 2.31. The predicted molar refractivity (Wildman–Crippen MR) is 78.8 cm³/mol. The van der Waals surface area contributed by atoms with Crippen molar-refractivity contribution >= 4 is 0 Å². The number of ether oxygens (including phenoxy) is 1. The average Bonchev–Trinajstić information content (AvgIpc) is 2.37. The van der Waals surface area contributed by atoms with Crippen LogP contribution in [0.3, 0.4) is 0 Å². The van der Waals surface area contributed by atoms with Crippen LogP contribution in [0.15, 0.2) is 0 Å². The molecule has 19 heavy (non-hydrogen) atoms. The van der Waals surface area contributed by atoms with Gasteiger partial charge in [-0.2, -0.15) is 5.26 Å². The van der Waals surface area contributed by atoms with E-state index in [1.165, 1.54) is 19.3 Å². The van der Waals surface area contributed by atoms with Gasteiger partial charge in [0.15, 0.2) is 0 Å². The minimum absolute atomic E-state index is 0.0662. The van der Waals surface area contributed by atoms with E-state index in [2.05, 4.69) is 32.2 Å². The van der Waals surface area contributed by atoms with Crippen LogP contribution in [-0.4, -0.2) is 25.3 Å². The van der Waals surface area contributed by atoms with E-state index in [-0.39, 0.29) is 6.04 Å². The number of rotatable bonds is 7. The maximum absolute atomic E-state index is 9.01. The summed E-state index contributed by atoms with van der Waals surface area (Å²) in [4.78, 5) is 0. The van der Waals surface area contributed by atoms with Crippen LogP contribution in [-0.2, 0) is 4.74 Å². The molecule has 3 nitrogen and oxygen atoms in total. The number of nitriles is 1. The molecule has 1 fully saturated rings. The zero-order chi connectivity index (χ0) is 14.3. The van der Waals surface area contributed by atoms with Crippen molar-refractivity contribution < 1.29 is 4.74 Å². The molecule has 0 aromatic carbocycles. The van der Waals surface area contributed by atoms with E-state index in [4.69, 9.17) is 10.00 Å². The molecule has 0 radical (unpaired) electrons. The molecule has 4 atom stereocenters. The molecule has 1 saturated carbocycles. The lowest BCUT2D eigenvalue weighted by atomic mass is 9.75. The van der Waals surface area contributed by atoms with E-state index < -0.39 is 0 Å². The molecule has 3 heteroatoms. The molecule has 0 heterocycles. The molecule has 0 spiro atoms. The van der Waals surface area contributed by atoms with Crippen molar-refractivity contribution in [1.82, 2.24) is 5.32 Å². The third kappa shape index (κ3) is 5.50. The normalized spacial score (nSPS) is 29.2. The first-order valence-electron chi connectivity index (χ1n) is 7.83. The Bertz CT molecular complexity index is 285. The standard InChI is InChI=1S/C16H30N2O/c1-5-18-14(11-17)8-9-19-16-10-13(4)6-7-15(16)12(2)3/h12-16,18H,5-10H2,1-4H3. The Kier molecular flexibility index (Phi) is 7.41. The summed E-state index contributed by atoms with van der Waals surface area (Å²) in [5.41, 5.74) is 0. The second kappa shape index (κ2) is 8.55. The first-order chi connectivity index (χ1) is 9.08. The SMILES string of the molecule is CCNC(C#N)CCOC1CC(C)CCC1C(C)C. The number of hydrogen-bond donors (Lipinski definition) is 1. The highest BCUT2D eigenvalue weighted by atomic mass is 16.5. The Labute approximate surface area is 118 Å². The second-order valence-electron chi connectivity index (χ2n) is 6.26. The predicted octanol–water partition coefficient (Wildman–Crippen LogP) is 3.36.